The minimum absolute atomic E-state index is 0.255. The molecule has 0 spiro atoms. The standard InChI is InChI=1S/C36H28NO4P/c1-2-8-25(9-3-1)20-21-37(23-26-14-17-31-34(22-26)39-24-38-31)42-40-32-18-15-27-10-4-6-12-29(27)35(32)36-30-13-7-5-11-28(30)16-19-33(36)41-42/h1-19,22H,20-21,23-24H2. The number of ether oxygens (including phenoxy) is 2. The maximum Gasteiger partial charge on any atom is 0.309 e. The van der Waals surface area contributed by atoms with Gasteiger partial charge in [-0.25, -0.2) is 0 Å². The van der Waals surface area contributed by atoms with E-state index < -0.39 is 8.16 Å². The Morgan fingerprint density at radius 2 is 1.19 bits per heavy atom. The molecule has 2 heterocycles. The van der Waals surface area contributed by atoms with E-state index in [0.29, 0.717) is 6.54 Å². The van der Waals surface area contributed by atoms with Crippen LogP contribution in [-0.2, 0) is 13.0 Å². The molecule has 0 atom stereocenters. The van der Waals surface area contributed by atoms with E-state index in [0.717, 1.165) is 62.7 Å². The highest BCUT2D eigenvalue weighted by Gasteiger charge is 2.20. The van der Waals surface area contributed by atoms with E-state index in [2.05, 4.69) is 120 Å². The third-order valence-corrected chi connectivity index (χ3v) is 9.43. The van der Waals surface area contributed by atoms with Gasteiger partial charge in [0, 0.05) is 23.9 Å². The lowest BCUT2D eigenvalue weighted by Gasteiger charge is -2.19. The SMILES string of the molecule is c1ccc(CCN(Cc2ccc3c(c2)OCO3)p2oc3ccc4ccccc4c3c3c(ccc4ccccc43)o2)cc1. The lowest BCUT2D eigenvalue weighted by atomic mass is 9.99. The molecule has 1 aliphatic rings. The molecular weight excluding hydrogens is 541 g/mol. The summed E-state index contributed by atoms with van der Waals surface area (Å²) >= 11 is 0. The highest BCUT2D eigenvalue weighted by atomic mass is 31.1. The third-order valence-electron chi connectivity index (χ3n) is 7.92. The average Bonchev–Trinajstić information content (AvgIpc) is 3.44. The van der Waals surface area contributed by atoms with Crippen LogP contribution in [0, 0.1) is 0 Å². The van der Waals surface area contributed by atoms with E-state index in [1.165, 1.54) is 16.3 Å². The number of fused-ring (bicyclic) bond motifs is 8. The Labute approximate surface area is 244 Å². The molecule has 0 radical (unpaired) electrons. The number of hydrogen-bond donors (Lipinski definition) is 0. The normalized spacial score (nSPS) is 12.6. The number of benzene rings is 6. The van der Waals surface area contributed by atoms with Gasteiger partial charge in [0.25, 0.3) is 0 Å². The summed E-state index contributed by atoms with van der Waals surface area (Å²) in [6.07, 6.45) is 0.867. The van der Waals surface area contributed by atoms with Gasteiger partial charge in [-0.1, -0.05) is 97.1 Å². The van der Waals surface area contributed by atoms with Gasteiger partial charge in [0.1, 0.15) is 11.2 Å². The van der Waals surface area contributed by atoms with E-state index in [1.807, 2.05) is 6.07 Å². The van der Waals surface area contributed by atoms with E-state index in [-0.39, 0.29) is 6.79 Å². The molecule has 206 valence electrons. The summed E-state index contributed by atoms with van der Waals surface area (Å²) in [7, 11) is -1.51. The van der Waals surface area contributed by atoms with Crippen molar-refractivity contribution in [3.63, 3.8) is 0 Å². The second-order valence-corrected chi connectivity index (χ2v) is 12.0. The van der Waals surface area contributed by atoms with Crippen LogP contribution < -0.4 is 14.1 Å². The monoisotopic (exact) mass is 569 g/mol. The summed E-state index contributed by atoms with van der Waals surface area (Å²) in [5.74, 6) is 1.56. The second kappa shape index (κ2) is 10.6. The highest BCUT2D eigenvalue weighted by Crippen LogP contribution is 2.43. The zero-order chi connectivity index (χ0) is 27.9. The van der Waals surface area contributed by atoms with E-state index >= 15 is 0 Å². The van der Waals surface area contributed by atoms with Gasteiger partial charge in [-0.3, -0.25) is 0 Å². The first-order valence-electron chi connectivity index (χ1n) is 14.2. The van der Waals surface area contributed by atoms with Crippen molar-refractivity contribution in [2.75, 3.05) is 18.0 Å². The summed E-state index contributed by atoms with van der Waals surface area (Å²) in [6, 6.07) is 42.2. The lowest BCUT2D eigenvalue weighted by molar-refractivity contribution is 0.174. The van der Waals surface area contributed by atoms with Gasteiger partial charge in [0.2, 0.25) is 6.79 Å². The van der Waals surface area contributed by atoms with Crippen molar-refractivity contribution in [1.29, 1.82) is 0 Å². The first-order chi connectivity index (χ1) is 20.8. The Morgan fingerprint density at radius 3 is 1.88 bits per heavy atom. The lowest BCUT2D eigenvalue weighted by Crippen LogP contribution is -2.22. The summed E-state index contributed by atoms with van der Waals surface area (Å²) in [4.78, 5) is 0. The van der Waals surface area contributed by atoms with Crippen LogP contribution >= 0.6 is 8.16 Å². The van der Waals surface area contributed by atoms with Gasteiger partial charge >= 0.3 is 8.16 Å². The minimum atomic E-state index is -1.51. The largest absolute Gasteiger partial charge is 0.454 e. The van der Waals surface area contributed by atoms with Crippen molar-refractivity contribution in [3.8, 4) is 11.5 Å². The topological polar surface area (TPSA) is 48.0 Å². The van der Waals surface area contributed by atoms with Gasteiger partial charge in [0.05, 0.1) is 0 Å². The van der Waals surface area contributed by atoms with Crippen LogP contribution in [0.5, 0.6) is 11.5 Å². The zero-order valence-electron chi connectivity index (χ0n) is 22.9. The van der Waals surface area contributed by atoms with Gasteiger partial charge in [0.15, 0.2) is 11.5 Å². The van der Waals surface area contributed by atoms with Crippen LogP contribution in [-0.4, -0.2) is 13.3 Å². The Morgan fingerprint density at radius 1 is 0.571 bits per heavy atom. The van der Waals surface area contributed by atoms with E-state index in [1.54, 1.807) is 0 Å². The van der Waals surface area contributed by atoms with Crippen molar-refractivity contribution in [2.45, 2.75) is 13.0 Å². The molecular formula is C36H28NO4P. The molecule has 5 nitrogen and oxygen atoms in total. The van der Waals surface area contributed by atoms with Crippen LogP contribution in [0.15, 0.2) is 130 Å². The molecule has 6 heteroatoms. The molecule has 0 fully saturated rings. The molecule has 0 amide bonds. The fraction of sp³-hybridized carbons (Fsp3) is 0.111. The van der Waals surface area contributed by atoms with Crippen LogP contribution in [0.4, 0.5) is 0 Å². The molecule has 0 saturated heterocycles. The van der Waals surface area contributed by atoms with Gasteiger partial charge < -0.3 is 17.9 Å². The van der Waals surface area contributed by atoms with Crippen LogP contribution in [0.2, 0.25) is 0 Å². The summed E-state index contributed by atoms with van der Waals surface area (Å²) in [5.41, 5.74) is 4.06. The highest BCUT2D eigenvalue weighted by molar-refractivity contribution is 7.38. The maximum atomic E-state index is 6.92. The smallest absolute Gasteiger partial charge is 0.309 e. The number of rotatable bonds is 6. The maximum absolute atomic E-state index is 6.92. The molecule has 6 aromatic carbocycles. The first kappa shape index (κ1) is 25.0. The predicted octanol–water partition coefficient (Wildman–Crippen LogP) is 9.71. The fourth-order valence-electron chi connectivity index (χ4n) is 5.84. The molecule has 42 heavy (non-hydrogen) atoms. The molecule has 0 saturated carbocycles. The molecule has 0 unspecified atom stereocenters. The summed E-state index contributed by atoms with van der Waals surface area (Å²) < 4.78 is 27.4. The molecule has 7 aromatic rings. The van der Waals surface area contributed by atoms with Gasteiger partial charge in [-0.2, -0.15) is 4.67 Å². The van der Waals surface area contributed by atoms with Crippen molar-refractivity contribution >= 4 is 51.6 Å². The van der Waals surface area contributed by atoms with Gasteiger partial charge in [-0.05, 0) is 63.4 Å². The Hall–Kier alpha value is -4.70. The van der Waals surface area contributed by atoms with Gasteiger partial charge in [-0.15, -0.1) is 0 Å². The summed E-state index contributed by atoms with van der Waals surface area (Å²) in [5, 5.41) is 6.81. The number of hydrogen-bond acceptors (Lipinski definition) is 5. The summed E-state index contributed by atoms with van der Waals surface area (Å²) in [6.45, 7) is 1.65. The van der Waals surface area contributed by atoms with E-state index in [9.17, 15) is 0 Å². The molecule has 1 aliphatic heterocycles. The molecule has 1 aromatic heterocycles. The number of nitrogens with zero attached hydrogens (tertiary/aromatic N) is 1. The quantitative estimate of drug-likeness (QED) is 0.200. The molecule has 0 N–H and O–H groups in total. The van der Waals surface area contributed by atoms with Crippen molar-refractivity contribution in [1.82, 2.24) is 0 Å². The Bertz CT molecular complexity index is 2020. The minimum Gasteiger partial charge on any atom is -0.454 e. The zero-order valence-corrected chi connectivity index (χ0v) is 23.8. The molecule has 0 aliphatic carbocycles. The van der Waals surface area contributed by atoms with Crippen molar-refractivity contribution in [3.05, 3.63) is 132 Å². The third kappa shape index (κ3) is 4.57. The second-order valence-electron chi connectivity index (χ2n) is 10.6. The van der Waals surface area contributed by atoms with Crippen LogP contribution in [0.3, 0.4) is 0 Å². The average molecular weight is 570 g/mol. The van der Waals surface area contributed by atoms with Crippen LogP contribution in [0.25, 0.3) is 43.5 Å². The molecule has 8 rings (SSSR count). The predicted molar refractivity (Wildman–Crippen MR) is 171 cm³/mol. The Balaban J connectivity index is 1.36. The molecule has 0 bridgehead atoms. The van der Waals surface area contributed by atoms with E-state index in [4.69, 9.17) is 17.9 Å². The van der Waals surface area contributed by atoms with Crippen molar-refractivity contribution < 1.29 is 17.9 Å². The van der Waals surface area contributed by atoms with Crippen molar-refractivity contribution in [2.24, 2.45) is 0 Å². The van der Waals surface area contributed by atoms with Crippen LogP contribution in [0.1, 0.15) is 11.1 Å². The first-order valence-corrected chi connectivity index (χ1v) is 15.3. The fourth-order valence-corrected chi connectivity index (χ4v) is 7.30. The Kier molecular flexibility index (Phi) is 6.33.